The number of carbonyl (C=O) groups is 1. The highest BCUT2D eigenvalue weighted by Gasteiger charge is 2.12. The molecule has 0 fully saturated rings. The standard InChI is InChI=1S/C14H10ClN3OS/c15-13-11(6-9(16)7-17-13)14(19)18-10-1-2-12-8(5-10)3-4-20-12/h1-7H,16H2,(H,18,19). The SMILES string of the molecule is Nc1cnc(Cl)c(C(=O)Nc2ccc3sccc3c2)c1. The van der Waals surface area contributed by atoms with E-state index >= 15 is 0 Å². The lowest BCUT2D eigenvalue weighted by atomic mass is 10.2. The summed E-state index contributed by atoms with van der Waals surface area (Å²) < 4.78 is 1.17. The molecule has 1 aromatic carbocycles. The summed E-state index contributed by atoms with van der Waals surface area (Å²) >= 11 is 7.56. The number of hydrogen-bond acceptors (Lipinski definition) is 4. The fourth-order valence-electron chi connectivity index (χ4n) is 1.87. The molecule has 0 saturated carbocycles. The Morgan fingerprint density at radius 1 is 1.30 bits per heavy atom. The lowest BCUT2D eigenvalue weighted by Crippen LogP contribution is -2.13. The normalized spacial score (nSPS) is 10.7. The Morgan fingerprint density at radius 3 is 3.00 bits per heavy atom. The molecule has 2 aromatic heterocycles. The van der Waals surface area contributed by atoms with Crippen molar-refractivity contribution in [2.24, 2.45) is 0 Å². The lowest BCUT2D eigenvalue weighted by molar-refractivity contribution is 0.102. The first-order chi connectivity index (χ1) is 9.63. The van der Waals surface area contributed by atoms with E-state index < -0.39 is 0 Å². The topological polar surface area (TPSA) is 68.0 Å². The summed E-state index contributed by atoms with van der Waals surface area (Å²) in [7, 11) is 0. The van der Waals surface area contributed by atoms with Gasteiger partial charge in [0, 0.05) is 10.4 Å². The number of halogens is 1. The molecule has 0 aliphatic rings. The number of nitrogens with one attached hydrogen (secondary N) is 1. The first kappa shape index (κ1) is 12.9. The number of nitrogen functional groups attached to an aromatic ring is 1. The summed E-state index contributed by atoms with van der Waals surface area (Å²) in [4.78, 5) is 16.0. The number of anilines is 2. The average molecular weight is 304 g/mol. The number of rotatable bonds is 2. The first-order valence-corrected chi connectivity index (χ1v) is 7.09. The van der Waals surface area contributed by atoms with Crippen LogP contribution in [0.1, 0.15) is 10.4 Å². The van der Waals surface area contributed by atoms with E-state index in [4.69, 9.17) is 17.3 Å². The molecular formula is C14H10ClN3OS. The Labute approximate surface area is 124 Å². The molecule has 3 N–H and O–H groups in total. The molecule has 6 heteroatoms. The predicted molar refractivity (Wildman–Crippen MR) is 83.4 cm³/mol. The third kappa shape index (κ3) is 2.45. The third-order valence-corrected chi connectivity index (χ3v) is 4.01. The van der Waals surface area contributed by atoms with Gasteiger partial charge in [0.2, 0.25) is 0 Å². The Bertz CT molecular complexity index is 800. The zero-order valence-electron chi connectivity index (χ0n) is 10.3. The maximum absolute atomic E-state index is 12.2. The monoisotopic (exact) mass is 303 g/mol. The van der Waals surface area contributed by atoms with Crippen molar-refractivity contribution in [3.63, 3.8) is 0 Å². The van der Waals surface area contributed by atoms with Crippen LogP contribution in [0.15, 0.2) is 41.9 Å². The molecule has 4 nitrogen and oxygen atoms in total. The number of thiophene rings is 1. The molecule has 0 aliphatic heterocycles. The van der Waals surface area contributed by atoms with Crippen molar-refractivity contribution in [1.29, 1.82) is 0 Å². The average Bonchev–Trinajstić information content (AvgIpc) is 2.89. The number of aromatic nitrogens is 1. The Hall–Kier alpha value is -2.11. The molecule has 2 heterocycles. The van der Waals surface area contributed by atoms with Crippen molar-refractivity contribution in [3.8, 4) is 0 Å². The van der Waals surface area contributed by atoms with Crippen molar-refractivity contribution in [3.05, 3.63) is 52.6 Å². The second kappa shape index (κ2) is 5.11. The number of amides is 1. The van der Waals surface area contributed by atoms with Crippen LogP contribution >= 0.6 is 22.9 Å². The summed E-state index contributed by atoms with van der Waals surface area (Å²) in [6, 6.07) is 9.25. The third-order valence-electron chi connectivity index (χ3n) is 2.82. The maximum Gasteiger partial charge on any atom is 0.258 e. The maximum atomic E-state index is 12.2. The van der Waals surface area contributed by atoms with Crippen molar-refractivity contribution in [2.75, 3.05) is 11.1 Å². The van der Waals surface area contributed by atoms with Crippen LogP contribution in [0, 0.1) is 0 Å². The molecule has 0 aliphatic carbocycles. The molecule has 100 valence electrons. The molecule has 0 atom stereocenters. The highest BCUT2D eigenvalue weighted by atomic mass is 35.5. The molecule has 0 spiro atoms. The second-order valence-electron chi connectivity index (χ2n) is 4.23. The fourth-order valence-corrected chi connectivity index (χ4v) is 2.83. The molecule has 0 bridgehead atoms. The van der Waals surface area contributed by atoms with Crippen LogP contribution in [0.5, 0.6) is 0 Å². The summed E-state index contributed by atoms with van der Waals surface area (Å²) in [6.45, 7) is 0. The largest absolute Gasteiger partial charge is 0.397 e. The summed E-state index contributed by atoms with van der Waals surface area (Å²) in [5, 5.41) is 6.02. The van der Waals surface area contributed by atoms with E-state index in [0.717, 1.165) is 5.39 Å². The number of carbonyl (C=O) groups excluding carboxylic acids is 1. The van der Waals surface area contributed by atoms with E-state index in [9.17, 15) is 4.79 Å². The molecule has 0 radical (unpaired) electrons. The molecule has 0 unspecified atom stereocenters. The minimum absolute atomic E-state index is 0.133. The van der Waals surface area contributed by atoms with Gasteiger partial charge in [0.25, 0.3) is 5.91 Å². The number of hydrogen-bond donors (Lipinski definition) is 2. The van der Waals surface area contributed by atoms with Gasteiger partial charge in [0.05, 0.1) is 17.4 Å². The van der Waals surface area contributed by atoms with Crippen molar-refractivity contribution in [1.82, 2.24) is 4.98 Å². The Kier molecular flexibility index (Phi) is 3.30. The summed E-state index contributed by atoms with van der Waals surface area (Å²) in [5.74, 6) is -0.329. The number of nitrogens with two attached hydrogens (primary N) is 1. The van der Waals surface area contributed by atoms with Crippen LogP contribution in [-0.4, -0.2) is 10.9 Å². The molecule has 3 aromatic rings. The van der Waals surface area contributed by atoms with E-state index in [1.165, 1.54) is 17.0 Å². The number of benzene rings is 1. The van der Waals surface area contributed by atoms with Gasteiger partial charge in [-0.25, -0.2) is 4.98 Å². The number of fused-ring (bicyclic) bond motifs is 1. The lowest BCUT2D eigenvalue weighted by Gasteiger charge is -2.07. The van der Waals surface area contributed by atoms with Crippen LogP contribution in [-0.2, 0) is 0 Å². The number of nitrogens with zero attached hydrogens (tertiary/aromatic N) is 1. The molecule has 3 rings (SSSR count). The van der Waals surface area contributed by atoms with Gasteiger partial charge in [-0.15, -0.1) is 11.3 Å². The zero-order valence-corrected chi connectivity index (χ0v) is 11.8. The van der Waals surface area contributed by atoms with Gasteiger partial charge < -0.3 is 11.1 Å². The van der Waals surface area contributed by atoms with Gasteiger partial charge in [-0.2, -0.15) is 0 Å². The quantitative estimate of drug-likeness (QED) is 0.708. The van der Waals surface area contributed by atoms with Crippen LogP contribution < -0.4 is 11.1 Å². The van der Waals surface area contributed by atoms with Gasteiger partial charge in [-0.05, 0) is 41.1 Å². The zero-order chi connectivity index (χ0) is 14.1. The van der Waals surface area contributed by atoms with Crippen molar-refractivity contribution >= 4 is 50.3 Å². The Morgan fingerprint density at radius 2 is 2.15 bits per heavy atom. The van der Waals surface area contributed by atoms with E-state index in [-0.39, 0.29) is 16.6 Å². The van der Waals surface area contributed by atoms with Crippen molar-refractivity contribution < 1.29 is 4.79 Å². The Balaban J connectivity index is 1.89. The van der Waals surface area contributed by atoms with Crippen molar-refractivity contribution in [2.45, 2.75) is 0 Å². The minimum atomic E-state index is -0.329. The van der Waals surface area contributed by atoms with Crippen LogP contribution in [0.2, 0.25) is 5.15 Å². The highest BCUT2D eigenvalue weighted by molar-refractivity contribution is 7.17. The van der Waals surface area contributed by atoms with E-state index in [2.05, 4.69) is 10.3 Å². The number of pyridine rings is 1. The summed E-state index contributed by atoms with van der Waals surface area (Å²) in [5.41, 5.74) is 6.98. The second-order valence-corrected chi connectivity index (χ2v) is 5.54. The minimum Gasteiger partial charge on any atom is -0.397 e. The fraction of sp³-hybridized carbons (Fsp3) is 0. The van der Waals surface area contributed by atoms with E-state index in [0.29, 0.717) is 11.4 Å². The molecule has 1 amide bonds. The van der Waals surface area contributed by atoms with Gasteiger partial charge >= 0.3 is 0 Å². The molecule has 0 saturated heterocycles. The van der Waals surface area contributed by atoms with E-state index in [1.54, 1.807) is 11.3 Å². The highest BCUT2D eigenvalue weighted by Crippen LogP contribution is 2.25. The van der Waals surface area contributed by atoms with Crippen LogP contribution in [0.4, 0.5) is 11.4 Å². The predicted octanol–water partition coefficient (Wildman–Crippen LogP) is 3.78. The van der Waals surface area contributed by atoms with E-state index in [1.807, 2.05) is 29.6 Å². The molecule has 20 heavy (non-hydrogen) atoms. The van der Waals surface area contributed by atoms with Gasteiger partial charge in [0.15, 0.2) is 0 Å². The van der Waals surface area contributed by atoms with Crippen LogP contribution in [0.25, 0.3) is 10.1 Å². The first-order valence-electron chi connectivity index (χ1n) is 5.83. The summed E-state index contributed by atoms with van der Waals surface area (Å²) in [6.07, 6.45) is 1.41. The smallest absolute Gasteiger partial charge is 0.258 e. The van der Waals surface area contributed by atoms with Gasteiger partial charge in [-0.3, -0.25) is 4.79 Å². The van der Waals surface area contributed by atoms with Crippen LogP contribution in [0.3, 0.4) is 0 Å². The molecular weight excluding hydrogens is 294 g/mol. The van der Waals surface area contributed by atoms with Gasteiger partial charge in [-0.1, -0.05) is 11.6 Å². The van der Waals surface area contributed by atoms with Gasteiger partial charge in [0.1, 0.15) is 5.15 Å².